The van der Waals surface area contributed by atoms with E-state index >= 15 is 0 Å². The van der Waals surface area contributed by atoms with Crippen molar-refractivity contribution in [1.29, 1.82) is 0 Å². The second kappa shape index (κ2) is 25.5. The molecule has 39 heavy (non-hydrogen) atoms. The zero-order valence-corrected chi connectivity index (χ0v) is 33.8. The minimum absolute atomic E-state index is 0. The van der Waals surface area contributed by atoms with Crippen molar-refractivity contribution in [3.05, 3.63) is 0 Å². The molecule has 1 aliphatic heterocycles. The summed E-state index contributed by atoms with van der Waals surface area (Å²) in [6.45, 7) is 7.88. The summed E-state index contributed by atoms with van der Waals surface area (Å²) in [5.41, 5.74) is 0. The van der Waals surface area contributed by atoms with E-state index in [9.17, 15) is 28.4 Å². The van der Waals surface area contributed by atoms with Gasteiger partial charge in [0.15, 0.2) is 0 Å². The topological polar surface area (TPSA) is 158 Å². The molecule has 12 nitrogen and oxygen atoms in total. The fourth-order valence-electron chi connectivity index (χ4n) is 3.51. The SMILES string of the molecule is CCCCOP(=O)([O-])CN1CCN(CP(=O)([O-])OCCCC)CCN(CP(=O)([O-])OCCCC)CC1.[Na+].[Na+].[Na+]. The van der Waals surface area contributed by atoms with Gasteiger partial charge >= 0.3 is 88.7 Å². The van der Waals surface area contributed by atoms with E-state index in [-0.39, 0.29) is 167 Å². The van der Waals surface area contributed by atoms with Crippen LogP contribution in [0.1, 0.15) is 59.3 Å². The molecule has 1 heterocycles. The van der Waals surface area contributed by atoms with Crippen LogP contribution in [0.2, 0.25) is 0 Å². The summed E-state index contributed by atoms with van der Waals surface area (Å²) in [5.74, 6) is 0. The van der Waals surface area contributed by atoms with Crippen molar-refractivity contribution >= 4 is 22.8 Å². The van der Waals surface area contributed by atoms with Gasteiger partial charge in [0.2, 0.25) is 0 Å². The summed E-state index contributed by atoms with van der Waals surface area (Å²) >= 11 is 0. The van der Waals surface area contributed by atoms with Crippen molar-refractivity contribution in [3.8, 4) is 0 Å². The number of rotatable bonds is 18. The molecule has 0 aliphatic carbocycles. The van der Waals surface area contributed by atoms with Gasteiger partial charge in [-0.25, -0.2) is 0 Å². The van der Waals surface area contributed by atoms with E-state index in [0.29, 0.717) is 19.3 Å². The summed E-state index contributed by atoms with van der Waals surface area (Å²) in [7, 11) is -12.4. The van der Waals surface area contributed by atoms with Gasteiger partial charge in [0.05, 0.1) is 38.7 Å². The maximum Gasteiger partial charge on any atom is 1.00 e. The predicted molar refractivity (Wildman–Crippen MR) is 135 cm³/mol. The maximum atomic E-state index is 12.5. The second-order valence-electron chi connectivity index (χ2n) is 9.17. The number of nitrogens with zero attached hydrogens (tertiary/aromatic N) is 3. The fraction of sp³-hybridized carbons (Fsp3) is 1.00. The molecule has 216 valence electrons. The summed E-state index contributed by atoms with van der Waals surface area (Å²) in [6, 6.07) is 0. The van der Waals surface area contributed by atoms with Crippen LogP contribution in [0, 0.1) is 0 Å². The van der Waals surface area contributed by atoms with Gasteiger partial charge in [-0.15, -0.1) is 0 Å². The van der Waals surface area contributed by atoms with Crippen LogP contribution < -0.4 is 103 Å². The fourth-order valence-corrected chi connectivity index (χ4v) is 7.29. The molecule has 1 saturated heterocycles. The van der Waals surface area contributed by atoms with Gasteiger partial charge in [-0.05, 0) is 19.3 Å². The third-order valence-corrected chi connectivity index (χ3v) is 9.64. The van der Waals surface area contributed by atoms with Gasteiger partial charge in [-0.2, -0.15) is 0 Å². The first-order valence-corrected chi connectivity index (χ1v) is 18.1. The Labute approximate surface area is 302 Å². The van der Waals surface area contributed by atoms with E-state index < -0.39 is 22.8 Å². The van der Waals surface area contributed by atoms with E-state index in [1.807, 2.05) is 20.8 Å². The maximum absolute atomic E-state index is 12.5. The number of hydrogen-bond acceptors (Lipinski definition) is 12. The Morgan fingerprint density at radius 2 is 0.718 bits per heavy atom. The molecule has 0 spiro atoms. The molecule has 0 aromatic carbocycles. The molecule has 0 saturated carbocycles. The molecule has 0 radical (unpaired) electrons. The summed E-state index contributed by atoms with van der Waals surface area (Å²) in [6.07, 6.45) is 3.30. The van der Waals surface area contributed by atoms with Crippen LogP contribution in [0.25, 0.3) is 0 Å². The molecule has 18 heteroatoms. The van der Waals surface area contributed by atoms with Gasteiger partial charge in [-0.1, -0.05) is 40.0 Å². The molecule has 0 bridgehead atoms. The average molecular weight is 645 g/mol. The van der Waals surface area contributed by atoms with E-state index in [0.717, 1.165) is 19.3 Å². The van der Waals surface area contributed by atoms with E-state index in [1.165, 1.54) is 0 Å². The second-order valence-corrected chi connectivity index (χ2v) is 14.5. The van der Waals surface area contributed by atoms with Gasteiger partial charge in [-0.3, -0.25) is 14.7 Å². The van der Waals surface area contributed by atoms with Crippen molar-refractivity contribution in [2.75, 3.05) is 77.9 Å². The first-order valence-electron chi connectivity index (χ1n) is 12.9. The standard InChI is InChI=1S/C21H48N3O9P3.3Na/c1-4-7-16-31-34(25,26)19-22-10-12-23(20-35(27,28)32-17-8-5-2)14-15-24(13-11-22)21-36(29,30)33-18-9-6-3;;;/h4-21H2,1-3H3,(H,25,26)(H,27,28)(H,29,30);;;/q;3*+1/p-3. The molecule has 1 fully saturated rings. The Hall–Kier alpha value is 3.33. The summed E-state index contributed by atoms with van der Waals surface area (Å²) < 4.78 is 52.7. The summed E-state index contributed by atoms with van der Waals surface area (Å²) in [4.78, 5) is 42.4. The zero-order valence-electron chi connectivity index (χ0n) is 25.1. The van der Waals surface area contributed by atoms with Gasteiger partial charge in [0, 0.05) is 39.3 Å². The number of unbranched alkanes of at least 4 members (excludes halogenated alkanes) is 3. The van der Waals surface area contributed by atoms with Crippen LogP contribution in [-0.2, 0) is 27.3 Å². The van der Waals surface area contributed by atoms with E-state index in [2.05, 4.69) is 0 Å². The Bertz CT molecular complexity index is 655. The Kier molecular flexibility index (Phi) is 30.6. The Balaban J connectivity index is -0.00000432. The Morgan fingerprint density at radius 3 is 0.897 bits per heavy atom. The third-order valence-electron chi connectivity index (χ3n) is 5.67. The normalized spacial score (nSPS) is 20.5. The van der Waals surface area contributed by atoms with Crippen molar-refractivity contribution in [2.45, 2.75) is 59.3 Å². The van der Waals surface area contributed by atoms with Gasteiger partial charge in [0.25, 0.3) is 0 Å². The molecule has 0 amide bonds. The van der Waals surface area contributed by atoms with Crippen LogP contribution in [0.15, 0.2) is 0 Å². The molecule has 0 aromatic heterocycles. The van der Waals surface area contributed by atoms with E-state index in [1.54, 1.807) is 14.7 Å². The smallest absolute Gasteiger partial charge is 0.778 e. The molecular formula is C21H45N3Na3O9P3. The van der Waals surface area contributed by atoms with Crippen molar-refractivity contribution in [2.24, 2.45) is 0 Å². The van der Waals surface area contributed by atoms with Crippen LogP contribution >= 0.6 is 22.8 Å². The molecule has 0 aromatic rings. The van der Waals surface area contributed by atoms with Crippen molar-refractivity contribution in [1.82, 2.24) is 14.7 Å². The third kappa shape index (κ3) is 24.3. The molecule has 0 N–H and O–H groups in total. The first-order chi connectivity index (χ1) is 16.9. The van der Waals surface area contributed by atoms with Crippen molar-refractivity contribution < 1.29 is 131 Å². The molecular weight excluding hydrogens is 600 g/mol. The Morgan fingerprint density at radius 1 is 0.513 bits per heavy atom. The number of hydrogen-bond donors (Lipinski definition) is 0. The van der Waals surface area contributed by atoms with Crippen LogP contribution in [0.3, 0.4) is 0 Å². The molecule has 1 rings (SSSR count). The zero-order chi connectivity index (χ0) is 27.1. The molecule has 3 unspecified atom stereocenters. The summed E-state index contributed by atoms with van der Waals surface area (Å²) in [5, 5.41) is 0. The minimum atomic E-state index is -4.14. The first kappa shape index (κ1) is 46.7. The quantitative estimate of drug-likeness (QED) is 0.0790. The average Bonchev–Trinajstić information content (AvgIpc) is 2.85. The van der Waals surface area contributed by atoms with Gasteiger partial charge < -0.3 is 41.9 Å². The van der Waals surface area contributed by atoms with Crippen molar-refractivity contribution in [3.63, 3.8) is 0 Å². The predicted octanol–water partition coefficient (Wildman–Crippen LogP) is -7.10. The monoisotopic (exact) mass is 645 g/mol. The van der Waals surface area contributed by atoms with Crippen LogP contribution in [-0.4, -0.2) is 92.6 Å². The van der Waals surface area contributed by atoms with Crippen LogP contribution in [0.4, 0.5) is 0 Å². The van der Waals surface area contributed by atoms with Crippen LogP contribution in [0.5, 0.6) is 0 Å². The molecule has 3 atom stereocenters. The molecule has 1 aliphatic rings. The van der Waals surface area contributed by atoms with Gasteiger partial charge in [0.1, 0.15) is 22.8 Å². The largest absolute Gasteiger partial charge is 1.00 e. The minimum Gasteiger partial charge on any atom is -0.778 e. The van der Waals surface area contributed by atoms with E-state index in [4.69, 9.17) is 13.6 Å².